The average molecular weight is 916 g/mol. The number of ether oxygens (including phenoxy) is 3. The molecule has 0 aromatic carbocycles. The first kappa shape index (κ1) is 62.9. The molecule has 0 bridgehead atoms. The van der Waals surface area contributed by atoms with E-state index in [1.165, 1.54) is 205 Å². The Morgan fingerprint density at radius 1 is 0.292 bits per heavy atom. The second-order valence-corrected chi connectivity index (χ2v) is 19.6. The van der Waals surface area contributed by atoms with E-state index in [-0.39, 0.29) is 31.1 Å². The first-order valence-electron chi connectivity index (χ1n) is 28.8. The summed E-state index contributed by atoms with van der Waals surface area (Å²) in [5.41, 5.74) is 0. The molecule has 65 heavy (non-hydrogen) atoms. The zero-order valence-electron chi connectivity index (χ0n) is 43.8. The maximum atomic E-state index is 12.8. The Kier molecular flexibility index (Phi) is 52.7. The van der Waals surface area contributed by atoms with Crippen LogP contribution in [0.4, 0.5) is 0 Å². The summed E-state index contributed by atoms with van der Waals surface area (Å²) in [7, 11) is 0. The Balaban J connectivity index is 4.26. The number of carbonyl (C=O) groups excluding carboxylic acids is 3. The van der Waals surface area contributed by atoms with Gasteiger partial charge in [-0.3, -0.25) is 14.4 Å². The summed E-state index contributed by atoms with van der Waals surface area (Å²) in [6.45, 7) is 6.61. The van der Waals surface area contributed by atoms with E-state index < -0.39 is 6.10 Å². The first-order valence-corrected chi connectivity index (χ1v) is 28.8. The van der Waals surface area contributed by atoms with Crippen molar-refractivity contribution < 1.29 is 28.6 Å². The molecule has 0 N–H and O–H groups in total. The molecule has 0 aliphatic carbocycles. The maximum absolute atomic E-state index is 12.8. The standard InChI is InChI=1S/C59H110O6/c1-4-7-10-13-16-19-22-24-26-28-30-32-33-35-37-40-43-46-49-52-58(61)64-55-56(54-63-57(60)51-48-45-42-39-21-18-15-12-9-6-3)65-59(62)53-50-47-44-41-38-36-34-31-29-27-25-23-20-17-14-11-8-5-2/h12,15,27,29,56H,4-11,13-14,16-26,28,30-55H2,1-3H3/b15-12-,29-27-. The second-order valence-electron chi connectivity index (χ2n) is 19.6. The molecule has 0 saturated heterocycles. The van der Waals surface area contributed by atoms with Crippen LogP contribution < -0.4 is 0 Å². The maximum Gasteiger partial charge on any atom is 0.306 e. The van der Waals surface area contributed by atoms with Gasteiger partial charge in [-0.2, -0.15) is 0 Å². The Morgan fingerprint density at radius 2 is 0.538 bits per heavy atom. The number of esters is 3. The van der Waals surface area contributed by atoms with Gasteiger partial charge in [-0.25, -0.2) is 0 Å². The van der Waals surface area contributed by atoms with Crippen molar-refractivity contribution in [2.45, 2.75) is 322 Å². The SMILES string of the molecule is CCC/C=C\CCCCCCCC(=O)OCC(COC(=O)CCCCCCCCCCCCCCCCCCCCC)OC(=O)CCCCCCCCC/C=C\CCCCCCCCC. The van der Waals surface area contributed by atoms with Crippen molar-refractivity contribution in [1.82, 2.24) is 0 Å². The number of rotatable bonds is 53. The molecule has 0 aromatic heterocycles. The van der Waals surface area contributed by atoms with Crippen LogP contribution in [0.1, 0.15) is 316 Å². The molecule has 0 heterocycles. The third-order valence-electron chi connectivity index (χ3n) is 12.9. The summed E-state index contributed by atoms with van der Waals surface area (Å²) >= 11 is 0. The lowest BCUT2D eigenvalue weighted by molar-refractivity contribution is -0.167. The predicted octanol–water partition coefficient (Wildman–Crippen LogP) is 19.1. The number of hydrogen-bond acceptors (Lipinski definition) is 6. The lowest BCUT2D eigenvalue weighted by atomic mass is 10.0. The van der Waals surface area contributed by atoms with Crippen LogP contribution in [0, 0.1) is 0 Å². The largest absolute Gasteiger partial charge is 0.462 e. The molecule has 0 saturated carbocycles. The molecule has 6 heteroatoms. The smallest absolute Gasteiger partial charge is 0.306 e. The van der Waals surface area contributed by atoms with E-state index in [1.54, 1.807) is 0 Å². The van der Waals surface area contributed by atoms with Crippen molar-refractivity contribution in [2.75, 3.05) is 13.2 Å². The molecule has 1 unspecified atom stereocenters. The minimum atomic E-state index is -0.772. The quantitative estimate of drug-likeness (QED) is 0.0262. The Labute approximate surface area is 404 Å². The van der Waals surface area contributed by atoms with E-state index in [1.807, 2.05) is 0 Å². The number of carbonyl (C=O) groups is 3. The van der Waals surface area contributed by atoms with Crippen molar-refractivity contribution in [3.8, 4) is 0 Å². The summed E-state index contributed by atoms with van der Waals surface area (Å²) in [5.74, 6) is -0.869. The molecule has 0 aliphatic rings. The van der Waals surface area contributed by atoms with Crippen LogP contribution >= 0.6 is 0 Å². The number of allylic oxidation sites excluding steroid dienone is 4. The molecule has 0 aliphatic heterocycles. The molecule has 0 amide bonds. The van der Waals surface area contributed by atoms with Crippen LogP contribution in [-0.2, 0) is 28.6 Å². The summed E-state index contributed by atoms with van der Waals surface area (Å²) in [6.07, 6.45) is 63.2. The van der Waals surface area contributed by atoms with Crippen LogP contribution in [0.15, 0.2) is 24.3 Å². The summed E-state index contributed by atoms with van der Waals surface area (Å²) in [4.78, 5) is 38.1. The van der Waals surface area contributed by atoms with E-state index in [0.29, 0.717) is 19.3 Å². The molecule has 6 nitrogen and oxygen atoms in total. The summed E-state index contributed by atoms with van der Waals surface area (Å²) < 4.78 is 16.8. The Bertz CT molecular complexity index is 1050. The van der Waals surface area contributed by atoms with Crippen molar-refractivity contribution in [2.24, 2.45) is 0 Å². The number of hydrogen-bond donors (Lipinski definition) is 0. The van der Waals surface area contributed by atoms with E-state index in [2.05, 4.69) is 45.1 Å². The zero-order chi connectivity index (χ0) is 47.2. The highest BCUT2D eigenvalue weighted by atomic mass is 16.6. The summed E-state index contributed by atoms with van der Waals surface area (Å²) in [6, 6.07) is 0. The monoisotopic (exact) mass is 915 g/mol. The minimum absolute atomic E-state index is 0.0714. The van der Waals surface area contributed by atoms with Gasteiger partial charge in [-0.1, -0.05) is 257 Å². The lowest BCUT2D eigenvalue weighted by Crippen LogP contribution is -2.30. The van der Waals surface area contributed by atoms with Crippen LogP contribution in [0.5, 0.6) is 0 Å². The average Bonchev–Trinajstić information content (AvgIpc) is 3.30. The van der Waals surface area contributed by atoms with Gasteiger partial charge in [0.15, 0.2) is 6.10 Å². The van der Waals surface area contributed by atoms with Gasteiger partial charge in [0.1, 0.15) is 13.2 Å². The fourth-order valence-corrected chi connectivity index (χ4v) is 8.56. The fourth-order valence-electron chi connectivity index (χ4n) is 8.56. The first-order chi connectivity index (χ1) is 32.0. The van der Waals surface area contributed by atoms with E-state index in [9.17, 15) is 14.4 Å². The van der Waals surface area contributed by atoms with Gasteiger partial charge in [-0.05, 0) is 64.2 Å². The topological polar surface area (TPSA) is 78.9 Å². The van der Waals surface area contributed by atoms with Crippen molar-refractivity contribution >= 4 is 17.9 Å². The van der Waals surface area contributed by atoms with E-state index in [0.717, 1.165) is 70.6 Å². The highest BCUT2D eigenvalue weighted by molar-refractivity contribution is 5.71. The molecule has 0 aromatic rings. The molecular weight excluding hydrogens is 805 g/mol. The highest BCUT2D eigenvalue weighted by Gasteiger charge is 2.19. The molecule has 0 radical (unpaired) electrons. The Morgan fingerprint density at radius 3 is 0.831 bits per heavy atom. The zero-order valence-corrected chi connectivity index (χ0v) is 43.8. The van der Waals surface area contributed by atoms with Gasteiger partial charge in [0, 0.05) is 19.3 Å². The van der Waals surface area contributed by atoms with Gasteiger partial charge in [-0.15, -0.1) is 0 Å². The summed E-state index contributed by atoms with van der Waals surface area (Å²) in [5, 5.41) is 0. The van der Waals surface area contributed by atoms with Crippen molar-refractivity contribution in [3.05, 3.63) is 24.3 Å². The molecule has 0 rings (SSSR count). The normalized spacial score (nSPS) is 12.1. The van der Waals surface area contributed by atoms with Crippen LogP contribution in [0.3, 0.4) is 0 Å². The molecular formula is C59H110O6. The Hall–Kier alpha value is -2.11. The van der Waals surface area contributed by atoms with Crippen molar-refractivity contribution in [3.63, 3.8) is 0 Å². The third-order valence-corrected chi connectivity index (χ3v) is 12.9. The van der Waals surface area contributed by atoms with Crippen molar-refractivity contribution in [1.29, 1.82) is 0 Å². The second kappa shape index (κ2) is 54.5. The van der Waals surface area contributed by atoms with Gasteiger partial charge in [0.05, 0.1) is 0 Å². The van der Waals surface area contributed by atoms with Gasteiger partial charge in [0.25, 0.3) is 0 Å². The fraction of sp³-hybridized carbons (Fsp3) is 0.881. The molecule has 1 atom stereocenters. The van der Waals surface area contributed by atoms with Gasteiger partial charge < -0.3 is 14.2 Å². The highest BCUT2D eigenvalue weighted by Crippen LogP contribution is 2.17. The predicted molar refractivity (Wildman–Crippen MR) is 279 cm³/mol. The molecule has 0 spiro atoms. The third kappa shape index (κ3) is 52.7. The molecule has 382 valence electrons. The van der Waals surface area contributed by atoms with Gasteiger partial charge >= 0.3 is 17.9 Å². The van der Waals surface area contributed by atoms with E-state index >= 15 is 0 Å². The lowest BCUT2D eigenvalue weighted by Gasteiger charge is -2.18. The van der Waals surface area contributed by atoms with Gasteiger partial charge in [0.2, 0.25) is 0 Å². The minimum Gasteiger partial charge on any atom is -0.462 e. The van der Waals surface area contributed by atoms with Crippen LogP contribution in [0.25, 0.3) is 0 Å². The number of unbranched alkanes of at least 4 members (excludes halogenated alkanes) is 38. The van der Waals surface area contributed by atoms with Crippen LogP contribution in [-0.4, -0.2) is 37.2 Å². The molecule has 0 fully saturated rings. The van der Waals surface area contributed by atoms with E-state index in [4.69, 9.17) is 14.2 Å². The van der Waals surface area contributed by atoms with Crippen LogP contribution in [0.2, 0.25) is 0 Å².